The van der Waals surface area contributed by atoms with Crippen molar-refractivity contribution in [3.05, 3.63) is 29.3 Å². The molecule has 0 aliphatic heterocycles. The van der Waals surface area contributed by atoms with E-state index in [0.29, 0.717) is 6.07 Å². The summed E-state index contributed by atoms with van der Waals surface area (Å²) in [5.74, 6) is -2.96. The number of hydrogen-bond donors (Lipinski definition) is 1. The molecule has 1 rings (SSSR count). The summed E-state index contributed by atoms with van der Waals surface area (Å²) in [4.78, 5) is 13.1. The molecule has 82 valence electrons. The van der Waals surface area contributed by atoms with Gasteiger partial charge in [-0.3, -0.25) is 4.79 Å². The molecule has 0 aliphatic carbocycles. The van der Waals surface area contributed by atoms with E-state index in [1.807, 2.05) is 0 Å². The van der Waals surface area contributed by atoms with Crippen LogP contribution in [0.1, 0.15) is 11.1 Å². The van der Waals surface area contributed by atoms with E-state index in [9.17, 15) is 22.4 Å². The minimum Gasteiger partial charge on any atom is -0.481 e. The molecule has 0 fully saturated rings. The second-order valence-electron chi connectivity index (χ2n) is 2.75. The van der Waals surface area contributed by atoms with Crippen molar-refractivity contribution in [2.24, 2.45) is 0 Å². The fourth-order valence-electron chi connectivity index (χ4n) is 0.961. The van der Waals surface area contributed by atoms with E-state index < -0.39 is 30.1 Å². The first kappa shape index (κ1) is 11.4. The van der Waals surface area contributed by atoms with Gasteiger partial charge in [0.1, 0.15) is 5.56 Å². The van der Waals surface area contributed by atoms with Crippen molar-refractivity contribution in [3.63, 3.8) is 0 Å². The Morgan fingerprint density at radius 1 is 1.47 bits per heavy atom. The van der Waals surface area contributed by atoms with Crippen LogP contribution in [0.5, 0.6) is 0 Å². The van der Waals surface area contributed by atoms with Crippen molar-refractivity contribution in [3.8, 4) is 0 Å². The minimum atomic E-state index is -4.87. The number of aliphatic carboxylic acids is 1. The molecule has 1 aromatic heterocycles. The molecule has 1 aromatic rings. The largest absolute Gasteiger partial charge is 0.481 e. The van der Waals surface area contributed by atoms with Crippen LogP contribution in [0, 0.1) is 5.95 Å². The molecule has 0 amide bonds. The van der Waals surface area contributed by atoms with Crippen molar-refractivity contribution in [1.82, 2.24) is 4.98 Å². The molecule has 0 unspecified atom stereocenters. The van der Waals surface area contributed by atoms with Crippen molar-refractivity contribution in [2.75, 3.05) is 0 Å². The topological polar surface area (TPSA) is 50.2 Å². The lowest BCUT2D eigenvalue weighted by Gasteiger charge is -2.08. The van der Waals surface area contributed by atoms with Crippen LogP contribution in [0.4, 0.5) is 17.6 Å². The lowest BCUT2D eigenvalue weighted by Crippen LogP contribution is -2.11. The van der Waals surface area contributed by atoms with Gasteiger partial charge in [-0.05, 0) is 11.6 Å². The van der Waals surface area contributed by atoms with Gasteiger partial charge in [0.25, 0.3) is 0 Å². The van der Waals surface area contributed by atoms with Crippen molar-refractivity contribution in [2.45, 2.75) is 12.6 Å². The van der Waals surface area contributed by atoms with E-state index in [1.165, 1.54) is 0 Å². The fraction of sp³-hybridized carbons (Fsp3) is 0.250. The number of nitrogens with zero attached hydrogens (tertiary/aromatic N) is 1. The molecule has 0 aliphatic rings. The number of carbonyl (C=O) groups is 1. The van der Waals surface area contributed by atoms with E-state index in [1.54, 1.807) is 0 Å². The first-order valence-electron chi connectivity index (χ1n) is 3.74. The molecule has 3 nitrogen and oxygen atoms in total. The number of rotatable bonds is 2. The number of aromatic nitrogens is 1. The van der Waals surface area contributed by atoms with Crippen LogP contribution in [0.15, 0.2) is 12.3 Å². The zero-order valence-corrected chi connectivity index (χ0v) is 7.18. The summed E-state index contributed by atoms with van der Waals surface area (Å²) < 4.78 is 49.0. The van der Waals surface area contributed by atoms with Gasteiger partial charge in [0.15, 0.2) is 0 Å². The van der Waals surface area contributed by atoms with Crippen molar-refractivity contribution >= 4 is 5.97 Å². The maximum absolute atomic E-state index is 12.6. The van der Waals surface area contributed by atoms with Gasteiger partial charge in [-0.2, -0.15) is 17.6 Å². The molecule has 0 radical (unpaired) electrons. The summed E-state index contributed by atoms with van der Waals surface area (Å²) in [6.45, 7) is 0. The van der Waals surface area contributed by atoms with E-state index >= 15 is 0 Å². The number of hydrogen-bond acceptors (Lipinski definition) is 2. The quantitative estimate of drug-likeness (QED) is 0.615. The Hall–Kier alpha value is -1.66. The van der Waals surface area contributed by atoms with Gasteiger partial charge in [0.05, 0.1) is 6.42 Å². The number of alkyl halides is 3. The predicted molar refractivity (Wildman–Crippen MR) is 40.5 cm³/mol. The molecule has 1 heterocycles. The average molecular weight is 223 g/mol. The minimum absolute atomic E-state index is 0.198. The lowest BCUT2D eigenvalue weighted by molar-refractivity contribution is -0.141. The third-order valence-electron chi connectivity index (χ3n) is 1.56. The summed E-state index contributed by atoms with van der Waals surface area (Å²) in [7, 11) is 0. The van der Waals surface area contributed by atoms with Crippen molar-refractivity contribution in [1.29, 1.82) is 0 Å². The average Bonchev–Trinajstić information content (AvgIpc) is 2.05. The molecule has 1 N–H and O–H groups in total. The second kappa shape index (κ2) is 3.84. The highest BCUT2D eigenvalue weighted by Crippen LogP contribution is 2.30. The van der Waals surface area contributed by atoms with E-state index in [4.69, 9.17) is 5.11 Å². The van der Waals surface area contributed by atoms with E-state index in [2.05, 4.69) is 4.98 Å². The van der Waals surface area contributed by atoms with Crippen LogP contribution in [0.2, 0.25) is 0 Å². The number of carboxylic acids is 1. The summed E-state index contributed by atoms with van der Waals surface area (Å²) in [5.41, 5.74) is -1.75. The Morgan fingerprint density at radius 2 is 2.07 bits per heavy atom. The maximum atomic E-state index is 12.6. The fourth-order valence-corrected chi connectivity index (χ4v) is 0.961. The molecule has 7 heteroatoms. The maximum Gasteiger partial charge on any atom is 0.420 e. The first-order chi connectivity index (χ1) is 6.80. The van der Waals surface area contributed by atoms with Crippen LogP contribution in [-0.4, -0.2) is 16.1 Å². The molecule has 0 saturated carbocycles. The normalized spacial score (nSPS) is 11.5. The Balaban J connectivity index is 3.11. The Labute approximate surface area is 81.4 Å². The van der Waals surface area contributed by atoms with E-state index in [-0.39, 0.29) is 5.56 Å². The molecule has 0 atom stereocenters. The molecule has 0 aromatic carbocycles. The third kappa shape index (κ3) is 2.90. The van der Waals surface area contributed by atoms with Crippen LogP contribution < -0.4 is 0 Å². The molecule has 0 bridgehead atoms. The Bertz CT molecular complexity index is 389. The predicted octanol–water partition coefficient (Wildman–Crippen LogP) is 1.87. The smallest absolute Gasteiger partial charge is 0.420 e. The zero-order chi connectivity index (χ0) is 11.6. The zero-order valence-electron chi connectivity index (χ0n) is 7.18. The van der Waals surface area contributed by atoms with Gasteiger partial charge in [0.2, 0.25) is 5.95 Å². The van der Waals surface area contributed by atoms with Crippen molar-refractivity contribution < 1.29 is 27.5 Å². The third-order valence-corrected chi connectivity index (χ3v) is 1.56. The van der Waals surface area contributed by atoms with Crippen LogP contribution in [0.25, 0.3) is 0 Å². The Kier molecular flexibility index (Phi) is 2.92. The number of pyridine rings is 1. The van der Waals surface area contributed by atoms with Gasteiger partial charge in [-0.25, -0.2) is 4.98 Å². The molecule has 0 saturated heterocycles. The van der Waals surface area contributed by atoms with E-state index in [0.717, 1.165) is 6.20 Å². The van der Waals surface area contributed by atoms with Gasteiger partial charge in [-0.1, -0.05) is 0 Å². The van der Waals surface area contributed by atoms with Crippen LogP contribution in [-0.2, 0) is 17.4 Å². The number of carboxylic acid groups (broad SMARTS) is 1. The molecule has 15 heavy (non-hydrogen) atoms. The standard InChI is InChI=1S/C8H5F4NO2/c9-7-5(8(10,11)12)1-4(3-13-7)2-6(14)15/h1,3H,2H2,(H,14,15). The van der Waals surface area contributed by atoms with Gasteiger partial charge in [-0.15, -0.1) is 0 Å². The summed E-state index contributed by atoms with van der Waals surface area (Å²) in [5, 5.41) is 8.33. The Morgan fingerprint density at radius 3 is 2.53 bits per heavy atom. The molecular formula is C8H5F4NO2. The number of halogens is 4. The highest BCUT2D eigenvalue weighted by Gasteiger charge is 2.35. The lowest BCUT2D eigenvalue weighted by atomic mass is 10.1. The molecular weight excluding hydrogens is 218 g/mol. The summed E-state index contributed by atoms with van der Waals surface area (Å²) >= 11 is 0. The van der Waals surface area contributed by atoms with Gasteiger partial charge >= 0.3 is 12.1 Å². The molecule has 0 spiro atoms. The highest BCUT2D eigenvalue weighted by molar-refractivity contribution is 5.70. The second-order valence-corrected chi connectivity index (χ2v) is 2.75. The highest BCUT2D eigenvalue weighted by atomic mass is 19.4. The van der Waals surface area contributed by atoms with Crippen LogP contribution in [0.3, 0.4) is 0 Å². The van der Waals surface area contributed by atoms with Crippen LogP contribution >= 0.6 is 0 Å². The first-order valence-corrected chi connectivity index (χ1v) is 3.74. The van der Waals surface area contributed by atoms with Gasteiger partial charge < -0.3 is 5.11 Å². The monoisotopic (exact) mass is 223 g/mol. The summed E-state index contributed by atoms with van der Waals surface area (Å²) in [6.07, 6.45) is -4.74. The summed E-state index contributed by atoms with van der Waals surface area (Å²) in [6, 6.07) is 0.441. The van der Waals surface area contributed by atoms with Gasteiger partial charge in [0, 0.05) is 6.20 Å². The SMILES string of the molecule is O=C(O)Cc1cnc(F)c(C(F)(F)F)c1.